The number of hydrogen-bond donors (Lipinski definition) is 2. The number of carbonyl (C=O) groups excluding carboxylic acids is 1. The van der Waals surface area contributed by atoms with Crippen molar-refractivity contribution in [3.05, 3.63) is 24.3 Å². The highest BCUT2D eigenvalue weighted by molar-refractivity contribution is 7.99. The van der Waals surface area contributed by atoms with Gasteiger partial charge in [0.25, 0.3) is 5.76 Å². The number of rotatable bonds is 4. The second kappa shape index (κ2) is 6.54. The Bertz CT molecular complexity index is 476. The van der Waals surface area contributed by atoms with Crippen LogP contribution in [0.25, 0.3) is 0 Å². The van der Waals surface area contributed by atoms with Crippen LogP contribution in [-0.2, 0) is 4.79 Å². The van der Waals surface area contributed by atoms with Crippen molar-refractivity contribution in [3.8, 4) is 0 Å². The van der Waals surface area contributed by atoms with Crippen LogP contribution in [0.15, 0.2) is 29.2 Å². The highest BCUT2D eigenvalue weighted by Gasteiger charge is 2.34. The SMILES string of the molecule is CC1(C(=O)Nc2ccccc2SC(F)F)CCNCC1. The number of para-hydroxylation sites is 1. The molecule has 1 aromatic carbocycles. The van der Waals surface area contributed by atoms with Gasteiger partial charge in [0.1, 0.15) is 0 Å². The van der Waals surface area contributed by atoms with Gasteiger partial charge in [-0.3, -0.25) is 4.79 Å². The van der Waals surface area contributed by atoms with Gasteiger partial charge >= 0.3 is 0 Å². The van der Waals surface area contributed by atoms with Crippen LogP contribution in [0.5, 0.6) is 0 Å². The Balaban J connectivity index is 2.11. The van der Waals surface area contributed by atoms with Crippen LogP contribution in [0.1, 0.15) is 19.8 Å². The van der Waals surface area contributed by atoms with Gasteiger partial charge in [-0.25, -0.2) is 0 Å². The molecule has 6 heteroatoms. The fourth-order valence-electron chi connectivity index (χ4n) is 2.25. The Hall–Kier alpha value is -1.14. The summed E-state index contributed by atoms with van der Waals surface area (Å²) in [6.45, 7) is 3.53. The minimum Gasteiger partial charge on any atom is -0.325 e. The van der Waals surface area contributed by atoms with E-state index >= 15 is 0 Å². The zero-order valence-electron chi connectivity index (χ0n) is 11.3. The normalized spacial score (nSPS) is 18.0. The van der Waals surface area contributed by atoms with Crippen molar-refractivity contribution in [2.75, 3.05) is 18.4 Å². The minimum absolute atomic E-state index is 0.0960. The third-order valence-corrected chi connectivity index (χ3v) is 4.39. The van der Waals surface area contributed by atoms with E-state index in [1.165, 1.54) is 0 Å². The molecule has 0 aromatic heterocycles. The maximum atomic E-state index is 12.5. The molecule has 0 saturated carbocycles. The fraction of sp³-hybridized carbons (Fsp3) is 0.500. The number of piperidine rings is 1. The average Bonchev–Trinajstić information content (AvgIpc) is 2.41. The highest BCUT2D eigenvalue weighted by atomic mass is 32.2. The maximum Gasteiger partial charge on any atom is 0.288 e. The second-order valence-corrected chi connectivity index (χ2v) is 6.17. The summed E-state index contributed by atoms with van der Waals surface area (Å²) in [5, 5.41) is 6.02. The Kier molecular flexibility index (Phi) is 4.99. The van der Waals surface area contributed by atoms with Gasteiger partial charge in [-0.05, 0) is 38.1 Å². The third-order valence-electron chi connectivity index (χ3n) is 3.61. The van der Waals surface area contributed by atoms with E-state index in [-0.39, 0.29) is 5.91 Å². The van der Waals surface area contributed by atoms with Crippen LogP contribution in [-0.4, -0.2) is 24.8 Å². The molecule has 1 saturated heterocycles. The molecule has 110 valence electrons. The van der Waals surface area contributed by atoms with Gasteiger partial charge in [0, 0.05) is 10.3 Å². The van der Waals surface area contributed by atoms with Crippen LogP contribution in [0.4, 0.5) is 14.5 Å². The van der Waals surface area contributed by atoms with Crippen molar-refractivity contribution < 1.29 is 13.6 Å². The first kappa shape index (κ1) is 15.3. The van der Waals surface area contributed by atoms with Gasteiger partial charge in [0.05, 0.1) is 5.69 Å². The summed E-state index contributed by atoms with van der Waals surface area (Å²) in [6, 6.07) is 6.67. The van der Waals surface area contributed by atoms with Crippen LogP contribution >= 0.6 is 11.8 Å². The van der Waals surface area contributed by atoms with E-state index in [0.29, 0.717) is 22.3 Å². The molecular formula is C14H18F2N2OS. The lowest BCUT2D eigenvalue weighted by atomic mass is 9.80. The molecule has 3 nitrogen and oxygen atoms in total. The Labute approximate surface area is 121 Å². The molecular weight excluding hydrogens is 282 g/mol. The monoisotopic (exact) mass is 300 g/mol. The van der Waals surface area contributed by atoms with Crippen LogP contribution in [0, 0.1) is 5.41 Å². The highest BCUT2D eigenvalue weighted by Crippen LogP contribution is 2.34. The van der Waals surface area contributed by atoms with E-state index in [1.54, 1.807) is 24.3 Å². The van der Waals surface area contributed by atoms with Gasteiger partial charge in [0.15, 0.2) is 0 Å². The average molecular weight is 300 g/mol. The number of alkyl halides is 2. The first-order valence-corrected chi connectivity index (χ1v) is 7.45. The van der Waals surface area contributed by atoms with Gasteiger partial charge < -0.3 is 10.6 Å². The largest absolute Gasteiger partial charge is 0.325 e. The summed E-state index contributed by atoms with van der Waals surface area (Å²) in [5.74, 6) is -2.59. The number of hydrogen-bond acceptors (Lipinski definition) is 3. The van der Waals surface area contributed by atoms with Gasteiger partial charge in [0.2, 0.25) is 5.91 Å². The van der Waals surface area contributed by atoms with Gasteiger partial charge in [-0.15, -0.1) is 0 Å². The first-order chi connectivity index (χ1) is 9.51. The molecule has 0 aliphatic carbocycles. The lowest BCUT2D eigenvalue weighted by molar-refractivity contribution is -0.126. The molecule has 1 aromatic rings. The smallest absolute Gasteiger partial charge is 0.288 e. The summed E-state index contributed by atoms with van der Waals surface area (Å²) in [5.41, 5.74) is 0.0241. The van der Waals surface area contributed by atoms with Crippen molar-refractivity contribution in [1.82, 2.24) is 5.32 Å². The van der Waals surface area contributed by atoms with E-state index in [0.717, 1.165) is 25.9 Å². The van der Waals surface area contributed by atoms with Crippen molar-refractivity contribution >= 4 is 23.4 Å². The van der Waals surface area contributed by atoms with Gasteiger partial charge in [-0.1, -0.05) is 30.8 Å². The lowest BCUT2D eigenvalue weighted by Crippen LogP contribution is -2.42. The van der Waals surface area contributed by atoms with Crippen molar-refractivity contribution in [1.29, 1.82) is 0 Å². The zero-order chi connectivity index (χ0) is 14.6. The molecule has 2 N–H and O–H groups in total. The summed E-state index contributed by atoms with van der Waals surface area (Å²) >= 11 is 0.452. The number of benzene rings is 1. The fourth-order valence-corrected chi connectivity index (χ4v) is 2.84. The minimum atomic E-state index is -2.50. The number of halogens is 2. The van der Waals surface area contributed by atoms with Gasteiger partial charge in [-0.2, -0.15) is 8.78 Å². The van der Waals surface area contributed by atoms with E-state index in [1.807, 2.05) is 6.92 Å². The molecule has 1 heterocycles. The molecule has 0 bridgehead atoms. The zero-order valence-corrected chi connectivity index (χ0v) is 12.1. The van der Waals surface area contributed by atoms with E-state index in [2.05, 4.69) is 10.6 Å². The molecule has 0 spiro atoms. The molecule has 1 amide bonds. The topological polar surface area (TPSA) is 41.1 Å². The summed E-state index contributed by atoms with van der Waals surface area (Å²) < 4.78 is 25.0. The predicted octanol–water partition coefficient (Wildman–Crippen LogP) is 3.33. The standard InChI is InChI=1S/C14H18F2N2OS/c1-14(6-8-17-9-7-14)12(19)18-10-4-2-3-5-11(10)20-13(15)16/h2-5,13,17H,6-9H2,1H3,(H,18,19). The van der Waals surface area contributed by atoms with E-state index in [9.17, 15) is 13.6 Å². The molecule has 20 heavy (non-hydrogen) atoms. The molecule has 0 radical (unpaired) electrons. The Morgan fingerprint density at radius 1 is 1.35 bits per heavy atom. The molecule has 1 fully saturated rings. The molecule has 0 unspecified atom stereocenters. The van der Waals surface area contributed by atoms with Crippen molar-refractivity contribution in [3.63, 3.8) is 0 Å². The second-order valence-electron chi connectivity index (χ2n) is 5.14. The number of amides is 1. The van der Waals surface area contributed by atoms with E-state index in [4.69, 9.17) is 0 Å². The quantitative estimate of drug-likeness (QED) is 0.838. The summed E-state index contributed by atoms with van der Waals surface area (Å²) in [7, 11) is 0. The maximum absolute atomic E-state index is 12.5. The number of carbonyl (C=O) groups is 1. The summed E-state index contributed by atoms with van der Waals surface area (Å²) in [4.78, 5) is 12.8. The predicted molar refractivity (Wildman–Crippen MR) is 77.1 cm³/mol. The summed E-state index contributed by atoms with van der Waals surface area (Å²) in [6.07, 6.45) is 1.51. The number of thioether (sulfide) groups is 1. The van der Waals surface area contributed by atoms with Crippen LogP contribution < -0.4 is 10.6 Å². The van der Waals surface area contributed by atoms with Crippen molar-refractivity contribution in [2.24, 2.45) is 5.41 Å². The number of nitrogens with one attached hydrogen (secondary N) is 2. The van der Waals surface area contributed by atoms with Crippen LogP contribution in [0.2, 0.25) is 0 Å². The van der Waals surface area contributed by atoms with Crippen molar-refractivity contribution in [2.45, 2.75) is 30.4 Å². The van der Waals surface area contributed by atoms with Crippen LogP contribution in [0.3, 0.4) is 0 Å². The Morgan fingerprint density at radius 2 is 2.00 bits per heavy atom. The number of anilines is 1. The molecule has 1 aliphatic heterocycles. The first-order valence-electron chi connectivity index (χ1n) is 6.57. The molecule has 2 rings (SSSR count). The van der Waals surface area contributed by atoms with E-state index < -0.39 is 11.2 Å². The Morgan fingerprint density at radius 3 is 2.65 bits per heavy atom. The third kappa shape index (κ3) is 3.70. The molecule has 0 atom stereocenters. The molecule has 1 aliphatic rings. The lowest BCUT2D eigenvalue weighted by Gasteiger charge is -2.32.